The SMILES string of the molecule is CCCCC(=O)C1=C(N)C=CCC1. The largest absolute Gasteiger partial charge is 0.398 e. The summed E-state index contributed by atoms with van der Waals surface area (Å²) in [6.07, 6.45) is 8.34. The number of ketones is 1. The molecule has 2 N–H and O–H groups in total. The van der Waals surface area contributed by atoms with Gasteiger partial charge in [-0.15, -0.1) is 0 Å². The van der Waals surface area contributed by atoms with Crippen LogP contribution in [-0.2, 0) is 4.79 Å². The van der Waals surface area contributed by atoms with E-state index in [1.165, 1.54) is 0 Å². The van der Waals surface area contributed by atoms with E-state index < -0.39 is 0 Å². The van der Waals surface area contributed by atoms with Crippen LogP contribution in [0.3, 0.4) is 0 Å². The van der Waals surface area contributed by atoms with Crippen molar-refractivity contribution in [2.24, 2.45) is 5.73 Å². The maximum atomic E-state index is 11.6. The third-order valence-electron chi connectivity index (χ3n) is 2.30. The van der Waals surface area contributed by atoms with E-state index in [2.05, 4.69) is 6.92 Å². The molecule has 2 heteroatoms. The van der Waals surface area contributed by atoms with Gasteiger partial charge in [0.25, 0.3) is 0 Å². The van der Waals surface area contributed by atoms with Crippen LogP contribution in [0.15, 0.2) is 23.4 Å². The summed E-state index contributed by atoms with van der Waals surface area (Å²) in [5.41, 5.74) is 7.24. The Hall–Kier alpha value is -1.05. The number of carbonyl (C=O) groups is 1. The van der Waals surface area contributed by atoms with Crippen LogP contribution in [0.25, 0.3) is 0 Å². The Morgan fingerprint density at radius 2 is 2.38 bits per heavy atom. The van der Waals surface area contributed by atoms with Crippen molar-refractivity contribution in [2.45, 2.75) is 39.0 Å². The van der Waals surface area contributed by atoms with Gasteiger partial charge in [-0.3, -0.25) is 4.79 Å². The first-order valence-electron chi connectivity index (χ1n) is 4.94. The molecule has 0 amide bonds. The predicted molar refractivity (Wildman–Crippen MR) is 54.1 cm³/mol. The average molecular weight is 179 g/mol. The summed E-state index contributed by atoms with van der Waals surface area (Å²) in [4.78, 5) is 11.6. The Kier molecular flexibility index (Phi) is 3.74. The zero-order valence-corrected chi connectivity index (χ0v) is 8.18. The van der Waals surface area contributed by atoms with E-state index in [-0.39, 0.29) is 5.78 Å². The van der Waals surface area contributed by atoms with E-state index in [0.29, 0.717) is 12.1 Å². The predicted octanol–water partition coefficient (Wildman–Crippen LogP) is 2.31. The van der Waals surface area contributed by atoms with E-state index in [1.807, 2.05) is 12.2 Å². The van der Waals surface area contributed by atoms with Crippen LogP contribution < -0.4 is 5.73 Å². The highest BCUT2D eigenvalue weighted by atomic mass is 16.1. The first-order valence-corrected chi connectivity index (χ1v) is 4.94. The maximum Gasteiger partial charge on any atom is 0.160 e. The van der Waals surface area contributed by atoms with Crippen molar-refractivity contribution in [3.05, 3.63) is 23.4 Å². The van der Waals surface area contributed by atoms with Gasteiger partial charge in [-0.1, -0.05) is 19.4 Å². The molecule has 0 aliphatic heterocycles. The van der Waals surface area contributed by atoms with Crippen molar-refractivity contribution < 1.29 is 4.79 Å². The molecule has 2 nitrogen and oxygen atoms in total. The Balaban J connectivity index is 2.59. The first kappa shape index (κ1) is 10.0. The molecular formula is C11H17NO. The zero-order valence-electron chi connectivity index (χ0n) is 8.18. The Labute approximate surface area is 79.5 Å². The number of Topliss-reactive ketones (excluding diaryl/α,β-unsaturated/α-hetero) is 1. The number of rotatable bonds is 4. The second-order valence-electron chi connectivity index (χ2n) is 3.40. The maximum absolute atomic E-state index is 11.6. The summed E-state index contributed by atoms with van der Waals surface area (Å²) in [5, 5.41) is 0. The van der Waals surface area contributed by atoms with Crippen LogP contribution in [0, 0.1) is 0 Å². The molecule has 0 aromatic rings. The molecule has 1 aliphatic rings. The lowest BCUT2D eigenvalue weighted by molar-refractivity contribution is -0.115. The standard InChI is InChI=1S/C11H17NO/c1-2-3-8-11(13)9-6-4-5-7-10(9)12/h5,7H,2-4,6,8,12H2,1H3. The van der Waals surface area contributed by atoms with Crippen molar-refractivity contribution >= 4 is 5.78 Å². The highest BCUT2D eigenvalue weighted by Crippen LogP contribution is 2.18. The number of allylic oxidation sites excluding steroid dienone is 3. The summed E-state index contributed by atoms with van der Waals surface area (Å²) < 4.78 is 0. The molecule has 0 aromatic heterocycles. The van der Waals surface area contributed by atoms with Gasteiger partial charge in [0.2, 0.25) is 0 Å². The van der Waals surface area contributed by atoms with Crippen LogP contribution in [-0.4, -0.2) is 5.78 Å². The average Bonchev–Trinajstić information content (AvgIpc) is 2.15. The van der Waals surface area contributed by atoms with Gasteiger partial charge in [0.1, 0.15) is 0 Å². The molecule has 0 radical (unpaired) electrons. The third-order valence-corrected chi connectivity index (χ3v) is 2.30. The quantitative estimate of drug-likeness (QED) is 0.719. The van der Waals surface area contributed by atoms with Crippen LogP contribution in [0.5, 0.6) is 0 Å². The smallest absolute Gasteiger partial charge is 0.160 e. The molecule has 0 atom stereocenters. The minimum Gasteiger partial charge on any atom is -0.398 e. The van der Waals surface area contributed by atoms with Crippen LogP contribution in [0.4, 0.5) is 0 Å². The Morgan fingerprint density at radius 3 is 3.00 bits per heavy atom. The zero-order chi connectivity index (χ0) is 9.68. The molecular weight excluding hydrogens is 162 g/mol. The van der Waals surface area contributed by atoms with Gasteiger partial charge in [-0.05, 0) is 25.3 Å². The molecule has 72 valence electrons. The fourth-order valence-corrected chi connectivity index (χ4v) is 1.47. The molecule has 1 aliphatic carbocycles. The summed E-state index contributed by atoms with van der Waals surface area (Å²) >= 11 is 0. The molecule has 1 rings (SSSR count). The van der Waals surface area contributed by atoms with Gasteiger partial charge in [0.05, 0.1) is 0 Å². The number of nitrogens with two attached hydrogens (primary N) is 1. The van der Waals surface area contributed by atoms with Crippen LogP contribution in [0.2, 0.25) is 0 Å². The minimum atomic E-state index is 0.240. The fourth-order valence-electron chi connectivity index (χ4n) is 1.47. The molecule has 0 heterocycles. The molecule has 0 fully saturated rings. The second kappa shape index (κ2) is 4.85. The molecule has 0 saturated carbocycles. The second-order valence-corrected chi connectivity index (χ2v) is 3.40. The van der Waals surface area contributed by atoms with Crippen molar-refractivity contribution in [1.82, 2.24) is 0 Å². The molecule has 0 unspecified atom stereocenters. The Bertz CT molecular complexity index is 251. The minimum absolute atomic E-state index is 0.240. The van der Waals surface area contributed by atoms with E-state index in [1.54, 1.807) is 0 Å². The molecule has 0 saturated heterocycles. The molecule has 0 bridgehead atoms. The Morgan fingerprint density at radius 1 is 1.62 bits per heavy atom. The van der Waals surface area contributed by atoms with Gasteiger partial charge in [-0.25, -0.2) is 0 Å². The summed E-state index contributed by atoms with van der Waals surface area (Å²) in [6, 6.07) is 0. The van der Waals surface area contributed by atoms with E-state index in [4.69, 9.17) is 5.73 Å². The molecule has 0 spiro atoms. The monoisotopic (exact) mass is 179 g/mol. The van der Waals surface area contributed by atoms with Crippen LogP contribution in [0.1, 0.15) is 39.0 Å². The first-order chi connectivity index (χ1) is 6.25. The van der Waals surface area contributed by atoms with Crippen molar-refractivity contribution in [1.29, 1.82) is 0 Å². The number of hydrogen-bond donors (Lipinski definition) is 1. The van der Waals surface area contributed by atoms with E-state index in [9.17, 15) is 4.79 Å². The fraction of sp³-hybridized carbons (Fsp3) is 0.545. The van der Waals surface area contributed by atoms with Gasteiger partial charge in [0, 0.05) is 17.7 Å². The van der Waals surface area contributed by atoms with Crippen molar-refractivity contribution in [2.75, 3.05) is 0 Å². The highest BCUT2D eigenvalue weighted by molar-refractivity contribution is 5.96. The van der Waals surface area contributed by atoms with E-state index in [0.717, 1.165) is 31.3 Å². The number of hydrogen-bond acceptors (Lipinski definition) is 2. The summed E-state index contributed by atoms with van der Waals surface area (Å²) in [5.74, 6) is 0.240. The van der Waals surface area contributed by atoms with Gasteiger partial charge < -0.3 is 5.73 Å². The highest BCUT2D eigenvalue weighted by Gasteiger charge is 2.13. The lowest BCUT2D eigenvalue weighted by Crippen LogP contribution is -2.12. The van der Waals surface area contributed by atoms with Crippen molar-refractivity contribution in [3.8, 4) is 0 Å². The number of unbranched alkanes of at least 4 members (excludes halogenated alkanes) is 1. The van der Waals surface area contributed by atoms with Gasteiger partial charge >= 0.3 is 0 Å². The lowest BCUT2D eigenvalue weighted by atomic mass is 9.96. The lowest BCUT2D eigenvalue weighted by Gasteiger charge is -2.11. The topological polar surface area (TPSA) is 43.1 Å². The van der Waals surface area contributed by atoms with Crippen molar-refractivity contribution in [3.63, 3.8) is 0 Å². The summed E-state index contributed by atoms with van der Waals surface area (Å²) in [6.45, 7) is 2.09. The van der Waals surface area contributed by atoms with Crippen LogP contribution >= 0.6 is 0 Å². The summed E-state index contributed by atoms with van der Waals surface area (Å²) in [7, 11) is 0. The van der Waals surface area contributed by atoms with Gasteiger partial charge in [-0.2, -0.15) is 0 Å². The van der Waals surface area contributed by atoms with Gasteiger partial charge in [0.15, 0.2) is 5.78 Å². The molecule has 13 heavy (non-hydrogen) atoms. The molecule has 0 aromatic carbocycles. The number of carbonyl (C=O) groups excluding carboxylic acids is 1. The third kappa shape index (κ3) is 2.72. The normalized spacial score (nSPS) is 16.4. The van der Waals surface area contributed by atoms with E-state index >= 15 is 0 Å².